The largest absolute Gasteiger partial charge is 0.387 e. The number of hydrogen-bond donors (Lipinski definition) is 6. The van der Waals surface area contributed by atoms with Crippen LogP contribution in [0.2, 0.25) is 5.15 Å². The van der Waals surface area contributed by atoms with Crippen LogP contribution in [0.1, 0.15) is 29.8 Å². The maximum absolute atomic E-state index is 13.9. The highest BCUT2D eigenvalue weighted by atomic mass is 35.5. The van der Waals surface area contributed by atoms with Gasteiger partial charge in [0.05, 0.1) is 29.9 Å². The molecule has 5 rings (SSSR count). The molecule has 3 aromatic rings. The summed E-state index contributed by atoms with van der Waals surface area (Å²) in [6.07, 6.45) is -2.15. The van der Waals surface area contributed by atoms with Gasteiger partial charge in [-0.1, -0.05) is 17.7 Å². The van der Waals surface area contributed by atoms with E-state index < -0.39 is 53.0 Å². The van der Waals surface area contributed by atoms with Crippen molar-refractivity contribution in [2.75, 3.05) is 17.8 Å². The second-order valence-electron chi connectivity index (χ2n) is 8.90. The lowest BCUT2D eigenvalue weighted by Gasteiger charge is -2.18. The molecule has 12 nitrogen and oxygen atoms in total. The zero-order valence-electron chi connectivity index (χ0n) is 19.1. The lowest BCUT2D eigenvalue weighted by Crippen LogP contribution is -2.33. The molecule has 6 N–H and O–H groups in total. The van der Waals surface area contributed by atoms with E-state index in [0.717, 1.165) is 24.0 Å². The molecule has 1 aromatic carbocycles. The molecule has 1 aliphatic carbocycles. The third-order valence-electron chi connectivity index (χ3n) is 6.32. The summed E-state index contributed by atoms with van der Waals surface area (Å²) >= 11 is 6.29. The Labute approximate surface area is 216 Å². The van der Waals surface area contributed by atoms with E-state index in [-0.39, 0.29) is 22.7 Å². The zero-order chi connectivity index (χ0) is 26.5. The van der Waals surface area contributed by atoms with Crippen molar-refractivity contribution < 1.29 is 43.1 Å². The molecule has 2 aliphatic rings. The van der Waals surface area contributed by atoms with Gasteiger partial charge in [-0.25, -0.2) is 14.1 Å². The van der Waals surface area contributed by atoms with Crippen LogP contribution in [0, 0.1) is 5.82 Å². The molecule has 1 fully saturated rings. The van der Waals surface area contributed by atoms with Gasteiger partial charge < -0.3 is 39.5 Å². The van der Waals surface area contributed by atoms with Crippen molar-refractivity contribution in [2.24, 2.45) is 0 Å². The summed E-state index contributed by atoms with van der Waals surface area (Å²) < 4.78 is 36.9. The number of nitrogens with zero attached hydrogens (tertiary/aromatic N) is 3. The third-order valence-corrected chi connectivity index (χ3v) is 9.40. The predicted octanol–water partition coefficient (Wildman–Crippen LogP) is 2.40. The normalized spacial score (nSPS) is 26.5. The lowest BCUT2D eigenvalue weighted by molar-refractivity contribution is -0.0530. The summed E-state index contributed by atoms with van der Waals surface area (Å²) in [6.45, 7) is -0.422. The Kier molecular flexibility index (Phi) is 7.56. The van der Waals surface area contributed by atoms with Gasteiger partial charge in [0.15, 0.2) is 20.3 Å². The van der Waals surface area contributed by atoms with Crippen molar-refractivity contribution in [3.8, 4) is 0 Å². The fourth-order valence-electron chi connectivity index (χ4n) is 4.63. The summed E-state index contributed by atoms with van der Waals surface area (Å²) in [5.74, 6) is -1.19. The second-order valence-corrected chi connectivity index (χ2v) is 12.7. The molecule has 1 unspecified atom stereocenters. The van der Waals surface area contributed by atoms with Crippen molar-refractivity contribution in [3.05, 3.63) is 52.6 Å². The number of aryl methyl sites for hydroxylation is 1. The van der Waals surface area contributed by atoms with Crippen molar-refractivity contribution in [1.29, 1.82) is 0 Å². The van der Waals surface area contributed by atoms with Crippen molar-refractivity contribution in [1.82, 2.24) is 14.8 Å². The number of aromatic nitrogens is 3. The SMILES string of the molecule is O=P(O)(O)CP(O)OC[C@H]1O[C@@H](n2ncc3c(N[C@@H]4CCc5ccc(F)cc54)cc(Cl)nc32)[C@H](O)[C@@H]1O. The van der Waals surface area contributed by atoms with Gasteiger partial charge >= 0.3 is 7.60 Å². The quantitative estimate of drug-likeness (QED) is 0.171. The van der Waals surface area contributed by atoms with Gasteiger partial charge in [-0.05, 0) is 42.2 Å². The maximum atomic E-state index is 13.9. The molecular weight excluding hydrogens is 553 g/mol. The van der Waals surface area contributed by atoms with E-state index in [9.17, 15) is 24.1 Å². The minimum atomic E-state index is -4.49. The van der Waals surface area contributed by atoms with E-state index in [4.69, 9.17) is 30.6 Å². The second kappa shape index (κ2) is 10.4. The average Bonchev–Trinajstić information content (AvgIpc) is 3.48. The van der Waals surface area contributed by atoms with Gasteiger partial charge in [0, 0.05) is 0 Å². The summed E-state index contributed by atoms with van der Waals surface area (Å²) in [5, 5.41) is 29.4. The zero-order valence-corrected chi connectivity index (χ0v) is 21.6. The van der Waals surface area contributed by atoms with Gasteiger partial charge in [0.1, 0.15) is 35.2 Å². The van der Waals surface area contributed by atoms with Gasteiger partial charge in [-0.15, -0.1) is 0 Å². The van der Waals surface area contributed by atoms with Crippen LogP contribution in [-0.4, -0.2) is 70.5 Å². The number of aliphatic hydroxyl groups excluding tert-OH is 2. The van der Waals surface area contributed by atoms with Crippen LogP contribution >= 0.6 is 27.6 Å². The van der Waals surface area contributed by atoms with E-state index in [1.165, 1.54) is 23.0 Å². The van der Waals surface area contributed by atoms with Crippen molar-refractivity contribution in [3.63, 3.8) is 0 Å². The molecular formula is C21H24ClFN4O8P2. The molecule has 0 spiro atoms. The Morgan fingerprint density at radius 2 is 2.08 bits per heavy atom. The first-order valence-corrected chi connectivity index (χ1v) is 14.8. The van der Waals surface area contributed by atoms with Crippen molar-refractivity contribution >= 4 is 44.3 Å². The topological polar surface area (TPSA) is 179 Å². The molecule has 1 saturated heterocycles. The minimum absolute atomic E-state index is 0.130. The third kappa shape index (κ3) is 5.67. The highest BCUT2D eigenvalue weighted by Crippen LogP contribution is 2.50. The molecule has 1 aliphatic heterocycles. The van der Waals surface area contributed by atoms with Crippen LogP contribution in [-0.2, 0) is 20.2 Å². The van der Waals surface area contributed by atoms with Gasteiger partial charge in [-0.3, -0.25) is 4.57 Å². The number of halogens is 2. The van der Waals surface area contributed by atoms with Crippen LogP contribution in [0.15, 0.2) is 30.5 Å². The molecule has 37 heavy (non-hydrogen) atoms. The van der Waals surface area contributed by atoms with E-state index in [1.807, 2.05) is 0 Å². The molecule has 0 radical (unpaired) electrons. The lowest BCUT2D eigenvalue weighted by atomic mass is 10.1. The molecule has 0 amide bonds. The Morgan fingerprint density at radius 3 is 2.84 bits per heavy atom. The first kappa shape index (κ1) is 26.8. The van der Waals surface area contributed by atoms with Crippen molar-refractivity contribution in [2.45, 2.75) is 43.4 Å². The number of benzene rings is 1. The van der Waals surface area contributed by atoms with Crippen LogP contribution in [0.25, 0.3) is 11.0 Å². The number of aliphatic hydroxyl groups is 2. The predicted molar refractivity (Wildman–Crippen MR) is 132 cm³/mol. The van der Waals surface area contributed by atoms with E-state index in [0.29, 0.717) is 11.1 Å². The Balaban J connectivity index is 1.36. The number of rotatable bonds is 8. The number of hydrogen-bond acceptors (Lipinski definition) is 9. The van der Waals surface area contributed by atoms with Crippen LogP contribution in [0.4, 0.5) is 10.1 Å². The number of ether oxygens (including phenoxy) is 1. The van der Waals surface area contributed by atoms with Crippen LogP contribution < -0.4 is 5.32 Å². The summed E-state index contributed by atoms with van der Waals surface area (Å²) in [4.78, 5) is 31.9. The first-order valence-electron chi connectivity index (χ1n) is 11.2. The standard InChI is InChI=1S/C21H24ClFN4O8P2/c22-17-6-15(25-14-4-2-10-1-3-11(23)5-12(10)14)13-7-24-27(20(13)26-17)21-19(29)18(28)16(35-21)8-34-36(30)9-37(31,32)33/h1,3,5-7,14,16,18-19,21,28-30H,2,4,8-9H2,(H,25,26)(H2,31,32,33)/t14-,16-,18-,19-,21-,36?/m1/s1. The number of nitrogens with one attached hydrogen (secondary N) is 1. The Bertz CT molecular complexity index is 1360. The Morgan fingerprint density at radius 1 is 1.30 bits per heavy atom. The van der Waals surface area contributed by atoms with Gasteiger partial charge in [0.25, 0.3) is 0 Å². The smallest absolute Gasteiger partial charge is 0.334 e. The van der Waals surface area contributed by atoms with E-state index in [1.54, 1.807) is 12.1 Å². The summed E-state index contributed by atoms with van der Waals surface area (Å²) in [6, 6.07) is 6.18. The molecule has 0 bridgehead atoms. The maximum Gasteiger partial charge on any atom is 0.334 e. The summed E-state index contributed by atoms with van der Waals surface area (Å²) in [5.41, 5.74) is 2.77. The first-order chi connectivity index (χ1) is 17.5. The van der Waals surface area contributed by atoms with E-state index in [2.05, 4.69) is 15.4 Å². The monoisotopic (exact) mass is 576 g/mol. The van der Waals surface area contributed by atoms with Gasteiger partial charge in [0.2, 0.25) is 0 Å². The summed E-state index contributed by atoms with van der Waals surface area (Å²) in [7, 11) is -6.95. The average molecular weight is 577 g/mol. The Hall–Kier alpha value is -1.76. The molecule has 2 aromatic heterocycles. The fourth-order valence-corrected chi connectivity index (χ4v) is 6.73. The molecule has 3 heterocycles. The fraction of sp³-hybridized carbons (Fsp3) is 0.429. The van der Waals surface area contributed by atoms with Crippen LogP contribution in [0.5, 0.6) is 0 Å². The number of fused-ring (bicyclic) bond motifs is 2. The molecule has 200 valence electrons. The number of anilines is 1. The minimum Gasteiger partial charge on any atom is -0.387 e. The van der Waals surface area contributed by atoms with E-state index >= 15 is 0 Å². The highest BCUT2D eigenvalue weighted by Gasteiger charge is 2.45. The molecule has 16 heteroatoms. The number of pyridine rings is 1. The molecule has 6 atom stereocenters. The van der Waals surface area contributed by atoms with Gasteiger partial charge in [-0.2, -0.15) is 5.10 Å². The highest BCUT2D eigenvalue weighted by molar-refractivity contribution is 7.67. The van der Waals surface area contributed by atoms with Crippen LogP contribution in [0.3, 0.4) is 0 Å². The molecule has 0 saturated carbocycles.